The van der Waals surface area contributed by atoms with Crippen LogP contribution in [0.4, 0.5) is 4.39 Å². The van der Waals surface area contributed by atoms with Gasteiger partial charge in [0.2, 0.25) is 0 Å². The lowest BCUT2D eigenvalue weighted by atomic mass is 9.87. The monoisotopic (exact) mass is 289 g/mol. The molecule has 1 aromatic rings. The van der Waals surface area contributed by atoms with Gasteiger partial charge in [0, 0.05) is 18.0 Å². The summed E-state index contributed by atoms with van der Waals surface area (Å²) < 4.78 is 14.9. The van der Waals surface area contributed by atoms with Crippen LogP contribution in [0.3, 0.4) is 0 Å². The number of halogens is 3. The van der Waals surface area contributed by atoms with E-state index in [-0.39, 0.29) is 6.04 Å². The Morgan fingerprint density at radius 1 is 1.39 bits per heavy atom. The molecule has 0 aliphatic carbocycles. The number of hydrogen-bond donors (Lipinski definition) is 1. The predicted octanol–water partition coefficient (Wildman–Crippen LogP) is 4.71. The maximum absolute atomic E-state index is 14.9. The van der Waals surface area contributed by atoms with Crippen molar-refractivity contribution in [2.24, 2.45) is 0 Å². The molecule has 100 valence electrons. The molecule has 18 heavy (non-hydrogen) atoms. The molecule has 0 aromatic heterocycles. The van der Waals surface area contributed by atoms with Crippen LogP contribution in [0.15, 0.2) is 18.2 Å². The minimum atomic E-state index is -1.45. The van der Waals surface area contributed by atoms with E-state index in [1.807, 2.05) is 0 Å². The molecule has 1 heterocycles. The lowest BCUT2D eigenvalue weighted by Crippen LogP contribution is -2.38. The summed E-state index contributed by atoms with van der Waals surface area (Å²) in [6, 6.07) is 5.37. The average molecular weight is 290 g/mol. The molecular formula is C14H18Cl2FN. The van der Waals surface area contributed by atoms with Crippen molar-refractivity contribution in [1.82, 2.24) is 5.32 Å². The van der Waals surface area contributed by atoms with E-state index < -0.39 is 5.67 Å². The first-order valence-corrected chi connectivity index (χ1v) is 7.13. The zero-order chi connectivity index (χ0) is 13.2. The van der Waals surface area contributed by atoms with Crippen LogP contribution in [-0.2, 0) is 5.67 Å². The van der Waals surface area contributed by atoms with Gasteiger partial charge in [0.25, 0.3) is 0 Å². The van der Waals surface area contributed by atoms with Gasteiger partial charge in [0.15, 0.2) is 0 Å². The maximum Gasteiger partial charge on any atom is 0.136 e. The molecule has 1 fully saturated rings. The van der Waals surface area contributed by atoms with Crippen molar-refractivity contribution in [2.75, 3.05) is 6.54 Å². The Balaban J connectivity index is 2.16. The molecule has 0 bridgehead atoms. The van der Waals surface area contributed by atoms with E-state index in [1.54, 1.807) is 25.1 Å². The second kappa shape index (κ2) is 5.77. The minimum absolute atomic E-state index is 0.226. The largest absolute Gasteiger partial charge is 0.314 e. The lowest BCUT2D eigenvalue weighted by Gasteiger charge is -2.30. The molecular weight excluding hydrogens is 272 g/mol. The predicted molar refractivity (Wildman–Crippen MR) is 75.2 cm³/mol. The molecule has 1 saturated heterocycles. The number of benzene rings is 1. The fourth-order valence-electron chi connectivity index (χ4n) is 2.58. The van der Waals surface area contributed by atoms with Crippen LogP contribution in [0.2, 0.25) is 10.0 Å². The van der Waals surface area contributed by atoms with Crippen molar-refractivity contribution in [3.63, 3.8) is 0 Å². The first-order valence-electron chi connectivity index (χ1n) is 6.37. The zero-order valence-corrected chi connectivity index (χ0v) is 12.0. The summed E-state index contributed by atoms with van der Waals surface area (Å²) in [5.41, 5.74) is -0.958. The Bertz CT molecular complexity index is 414. The molecule has 0 saturated carbocycles. The number of rotatable bonds is 3. The highest BCUT2D eigenvalue weighted by molar-refractivity contribution is 6.42. The summed E-state index contributed by atoms with van der Waals surface area (Å²) in [5, 5.41) is 4.11. The lowest BCUT2D eigenvalue weighted by molar-refractivity contribution is 0.146. The van der Waals surface area contributed by atoms with E-state index in [2.05, 4.69) is 5.32 Å². The fraction of sp³-hybridized carbons (Fsp3) is 0.571. The van der Waals surface area contributed by atoms with Crippen LogP contribution in [0.25, 0.3) is 0 Å². The van der Waals surface area contributed by atoms with Crippen molar-refractivity contribution in [3.8, 4) is 0 Å². The van der Waals surface area contributed by atoms with Crippen LogP contribution in [0, 0.1) is 0 Å². The second-order valence-corrected chi connectivity index (χ2v) is 5.93. The van der Waals surface area contributed by atoms with Gasteiger partial charge in [-0.2, -0.15) is 0 Å². The summed E-state index contributed by atoms with van der Waals surface area (Å²) in [4.78, 5) is 0. The third-order valence-corrected chi connectivity index (χ3v) is 4.37. The molecule has 0 spiro atoms. The van der Waals surface area contributed by atoms with Crippen molar-refractivity contribution in [2.45, 2.75) is 44.3 Å². The maximum atomic E-state index is 14.9. The van der Waals surface area contributed by atoms with Crippen molar-refractivity contribution >= 4 is 23.2 Å². The number of hydrogen-bond acceptors (Lipinski definition) is 1. The molecule has 4 heteroatoms. The highest BCUT2D eigenvalue weighted by atomic mass is 35.5. The Labute approximate surface area is 118 Å². The van der Waals surface area contributed by atoms with Crippen LogP contribution in [0.5, 0.6) is 0 Å². The molecule has 1 nitrogen and oxygen atoms in total. The molecule has 1 aliphatic rings. The molecule has 2 rings (SSSR count). The fourth-order valence-corrected chi connectivity index (χ4v) is 3.07. The van der Waals surface area contributed by atoms with Crippen molar-refractivity contribution in [1.29, 1.82) is 0 Å². The van der Waals surface area contributed by atoms with Gasteiger partial charge >= 0.3 is 0 Å². The Morgan fingerprint density at radius 2 is 2.17 bits per heavy atom. The Kier molecular flexibility index (Phi) is 4.52. The van der Waals surface area contributed by atoms with Crippen LogP contribution < -0.4 is 5.32 Å². The van der Waals surface area contributed by atoms with E-state index in [0.29, 0.717) is 22.0 Å². The minimum Gasteiger partial charge on any atom is -0.314 e. The third-order valence-electron chi connectivity index (χ3n) is 3.56. The molecule has 0 radical (unpaired) electrons. The van der Waals surface area contributed by atoms with E-state index in [0.717, 1.165) is 19.4 Å². The summed E-state index contributed by atoms with van der Waals surface area (Å²) in [6.07, 6.45) is 3.80. The molecule has 2 atom stereocenters. The smallest absolute Gasteiger partial charge is 0.136 e. The second-order valence-electron chi connectivity index (χ2n) is 5.15. The van der Waals surface area contributed by atoms with Crippen molar-refractivity contribution in [3.05, 3.63) is 33.8 Å². The van der Waals surface area contributed by atoms with Crippen LogP contribution in [0.1, 0.15) is 38.2 Å². The van der Waals surface area contributed by atoms with Gasteiger partial charge in [0.05, 0.1) is 10.0 Å². The standard InChI is InChI=1S/C14H18Cl2FN/c1-14(17,9-10-5-2-3-8-18-10)11-6-4-7-12(15)13(11)16/h4,6-7,10,18H,2-3,5,8-9H2,1H3. The van der Waals surface area contributed by atoms with Gasteiger partial charge in [-0.15, -0.1) is 0 Å². The van der Waals surface area contributed by atoms with E-state index >= 15 is 0 Å². The Morgan fingerprint density at radius 3 is 2.83 bits per heavy atom. The van der Waals surface area contributed by atoms with Gasteiger partial charge < -0.3 is 5.32 Å². The van der Waals surface area contributed by atoms with E-state index in [4.69, 9.17) is 23.2 Å². The first kappa shape index (κ1) is 14.1. The van der Waals surface area contributed by atoms with Gasteiger partial charge in [-0.1, -0.05) is 41.8 Å². The third kappa shape index (κ3) is 3.17. The van der Waals surface area contributed by atoms with Crippen molar-refractivity contribution < 1.29 is 4.39 Å². The highest BCUT2D eigenvalue weighted by Crippen LogP contribution is 2.39. The van der Waals surface area contributed by atoms with Crippen LogP contribution >= 0.6 is 23.2 Å². The molecule has 1 N–H and O–H groups in total. The first-order chi connectivity index (χ1) is 8.50. The summed E-state index contributed by atoms with van der Waals surface area (Å²) >= 11 is 12.1. The Hall–Kier alpha value is -0.310. The molecule has 1 aromatic carbocycles. The molecule has 0 amide bonds. The topological polar surface area (TPSA) is 12.0 Å². The molecule has 1 aliphatic heterocycles. The number of alkyl halides is 1. The van der Waals surface area contributed by atoms with E-state index in [9.17, 15) is 4.39 Å². The average Bonchev–Trinajstić information content (AvgIpc) is 2.33. The highest BCUT2D eigenvalue weighted by Gasteiger charge is 2.32. The van der Waals surface area contributed by atoms with Gasteiger partial charge in [-0.3, -0.25) is 0 Å². The summed E-state index contributed by atoms with van der Waals surface area (Å²) in [6.45, 7) is 2.56. The van der Waals surface area contributed by atoms with Crippen LogP contribution in [-0.4, -0.2) is 12.6 Å². The molecule has 2 unspecified atom stereocenters. The number of nitrogens with one attached hydrogen (secondary N) is 1. The normalized spacial score (nSPS) is 23.7. The van der Waals surface area contributed by atoms with Gasteiger partial charge in [0.1, 0.15) is 5.67 Å². The summed E-state index contributed by atoms with van der Waals surface area (Å²) in [7, 11) is 0. The van der Waals surface area contributed by atoms with E-state index in [1.165, 1.54) is 6.42 Å². The number of piperidine rings is 1. The zero-order valence-electron chi connectivity index (χ0n) is 10.5. The SMILES string of the molecule is CC(F)(CC1CCCCN1)c1cccc(Cl)c1Cl. The summed E-state index contributed by atoms with van der Waals surface area (Å²) in [5.74, 6) is 0. The van der Waals surface area contributed by atoms with Gasteiger partial charge in [-0.25, -0.2) is 4.39 Å². The van der Waals surface area contributed by atoms with Gasteiger partial charge in [-0.05, 0) is 32.4 Å². The quantitative estimate of drug-likeness (QED) is 0.850.